The van der Waals surface area contributed by atoms with Gasteiger partial charge in [-0.3, -0.25) is 0 Å². The number of rotatable bonds is 3. The minimum atomic E-state index is -0.358. The van der Waals surface area contributed by atoms with E-state index in [0.29, 0.717) is 22.3 Å². The Morgan fingerprint density at radius 1 is 1.50 bits per heavy atom. The molecule has 1 N–H and O–H groups in total. The normalized spacial score (nSPS) is 11.6. The molecule has 1 nitrogen and oxygen atoms in total. The predicted octanol–water partition coefficient (Wildman–Crippen LogP) is 4.21. The van der Waals surface area contributed by atoms with Crippen LogP contribution in [0.5, 0.6) is 0 Å². The molecule has 0 radical (unpaired) electrons. The van der Waals surface area contributed by atoms with Crippen LogP contribution in [0.1, 0.15) is 0 Å². The van der Waals surface area contributed by atoms with Crippen LogP contribution < -0.4 is 5.32 Å². The summed E-state index contributed by atoms with van der Waals surface area (Å²) in [5, 5.41) is 3.71. The summed E-state index contributed by atoms with van der Waals surface area (Å²) in [7, 11) is 0. The van der Waals surface area contributed by atoms with Gasteiger partial charge in [0.1, 0.15) is 5.82 Å². The molecule has 0 bridgehead atoms. The lowest BCUT2D eigenvalue weighted by Crippen LogP contribution is -2.01. The Bertz CT molecular complexity index is 352. The van der Waals surface area contributed by atoms with Crippen LogP contribution in [0.4, 0.5) is 10.1 Å². The highest BCUT2D eigenvalue weighted by Gasteiger charge is 2.01. The molecule has 0 amide bonds. The fourth-order valence-corrected chi connectivity index (χ4v) is 1.18. The van der Waals surface area contributed by atoms with Crippen LogP contribution in [0, 0.1) is 5.82 Å². The van der Waals surface area contributed by atoms with Crippen LogP contribution >= 0.6 is 34.8 Å². The Balaban J connectivity index is 2.71. The van der Waals surface area contributed by atoms with Crippen molar-refractivity contribution in [3.8, 4) is 0 Å². The molecule has 5 heteroatoms. The number of hydrogen-bond donors (Lipinski definition) is 1. The van der Waals surface area contributed by atoms with Gasteiger partial charge in [0, 0.05) is 10.6 Å². The van der Waals surface area contributed by atoms with E-state index in [1.165, 1.54) is 23.7 Å². The number of anilines is 1. The summed E-state index contributed by atoms with van der Waals surface area (Å²) in [5.41, 5.74) is 1.73. The van der Waals surface area contributed by atoms with E-state index in [2.05, 4.69) is 5.32 Å². The third-order valence-electron chi connectivity index (χ3n) is 1.49. The molecule has 1 aromatic carbocycles. The molecule has 0 saturated carbocycles. The zero-order valence-electron chi connectivity index (χ0n) is 7.03. The minimum Gasteiger partial charge on any atom is -0.379 e. The number of halogens is 4. The monoisotopic (exact) mass is 253 g/mol. The van der Waals surface area contributed by atoms with Crippen molar-refractivity contribution < 1.29 is 4.39 Å². The zero-order valence-corrected chi connectivity index (χ0v) is 9.30. The molecule has 0 saturated heterocycles. The van der Waals surface area contributed by atoms with Crippen LogP contribution in [0.25, 0.3) is 0 Å². The largest absolute Gasteiger partial charge is 0.379 e. The quantitative estimate of drug-likeness (QED) is 0.852. The lowest BCUT2D eigenvalue weighted by atomic mass is 10.3. The van der Waals surface area contributed by atoms with E-state index in [1.54, 1.807) is 0 Å². The fourth-order valence-electron chi connectivity index (χ4n) is 0.851. The minimum absolute atomic E-state index is 0.314. The molecule has 0 heterocycles. The molecule has 76 valence electrons. The summed E-state index contributed by atoms with van der Waals surface area (Å²) in [6, 6.07) is 4.05. The van der Waals surface area contributed by atoms with Crippen molar-refractivity contribution in [3.05, 3.63) is 39.6 Å². The van der Waals surface area contributed by atoms with Crippen molar-refractivity contribution in [1.82, 2.24) is 0 Å². The third-order valence-corrected chi connectivity index (χ3v) is 2.44. The van der Waals surface area contributed by atoms with Gasteiger partial charge in [-0.25, -0.2) is 4.39 Å². The van der Waals surface area contributed by atoms with Crippen LogP contribution in [-0.2, 0) is 0 Å². The SMILES string of the molecule is Fc1ccc(Cl)c(NC/C(Cl)=C/Cl)c1. The predicted molar refractivity (Wildman–Crippen MR) is 59.7 cm³/mol. The number of benzene rings is 1. The van der Waals surface area contributed by atoms with E-state index in [4.69, 9.17) is 34.8 Å². The molecule has 0 aliphatic heterocycles. The first kappa shape index (κ1) is 11.6. The summed E-state index contributed by atoms with van der Waals surface area (Å²) in [5.74, 6) is -0.358. The third kappa shape index (κ3) is 3.37. The van der Waals surface area contributed by atoms with Gasteiger partial charge < -0.3 is 5.32 Å². The van der Waals surface area contributed by atoms with Gasteiger partial charge in [0.05, 0.1) is 17.3 Å². The summed E-state index contributed by atoms with van der Waals surface area (Å²) >= 11 is 16.8. The molecule has 0 aromatic heterocycles. The molecule has 14 heavy (non-hydrogen) atoms. The average Bonchev–Trinajstić information content (AvgIpc) is 2.19. The Morgan fingerprint density at radius 2 is 2.21 bits per heavy atom. The summed E-state index contributed by atoms with van der Waals surface area (Å²) in [6.07, 6.45) is 0. The number of hydrogen-bond acceptors (Lipinski definition) is 1. The first-order valence-electron chi connectivity index (χ1n) is 3.77. The summed E-state index contributed by atoms with van der Waals surface area (Å²) < 4.78 is 12.8. The molecule has 0 unspecified atom stereocenters. The molecule has 0 fully saturated rings. The van der Waals surface area contributed by atoms with Gasteiger partial charge in [0.2, 0.25) is 0 Å². The second kappa shape index (κ2) is 5.44. The van der Waals surface area contributed by atoms with Gasteiger partial charge in [-0.2, -0.15) is 0 Å². The Hall–Kier alpha value is -0.440. The van der Waals surface area contributed by atoms with Gasteiger partial charge in [-0.05, 0) is 18.2 Å². The van der Waals surface area contributed by atoms with Gasteiger partial charge >= 0.3 is 0 Å². The van der Waals surface area contributed by atoms with Crippen LogP contribution in [0.3, 0.4) is 0 Å². The maximum absolute atomic E-state index is 12.8. The van der Waals surface area contributed by atoms with E-state index < -0.39 is 0 Å². The Morgan fingerprint density at radius 3 is 2.86 bits per heavy atom. The van der Waals surface area contributed by atoms with Crippen LogP contribution in [-0.4, -0.2) is 6.54 Å². The average molecular weight is 255 g/mol. The van der Waals surface area contributed by atoms with Gasteiger partial charge in [-0.15, -0.1) is 0 Å². The summed E-state index contributed by atoms with van der Waals surface area (Å²) in [6.45, 7) is 0.314. The van der Waals surface area contributed by atoms with E-state index in [0.717, 1.165) is 0 Å². The molecule has 1 rings (SSSR count). The van der Waals surface area contributed by atoms with Crippen molar-refractivity contribution >= 4 is 40.5 Å². The first-order valence-corrected chi connectivity index (χ1v) is 4.96. The smallest absolute Gasteiger partial charge is 0.125 e. The van der Waals surface area contributed by atoms with Crippen molar-refractivity contribution in [2.45, 2.75) is 0 Å². The lowest BCUT2D eigenvalue weighted by Gasteiger charge is -2.06. The van der Waals surface area contributed by atoms with E-state index in [-0.39, 0.29) is 5.82 Å². The van der Waals surface area contributed by atoms with Crippen LogP contribution in [0.2, 0.25) is 5.02 Å². The van der Waals surface area contributed by atoms with Gasteiger partial charge in [0.25, 0.3) is 0 Å². The topological polar surface area (TPSA) is 12.0 Å². The fraction of sp³-hybridized carbons (Fsp3) is 0.111. The Labute approximate surface area is 96.5 Å². The molecular weight excluding hydrogens is 247 g/mol. The first-order chi connectivity index (χ1) is 6.63. The highest BCUT2D eigenvalue weighted by Crippen LogP contribution is 2.22. The number of nitrogens with one attached hydrogen (secondary N) is 1. The highest BCUT2D eigenvalue weighted by atomic mass is 35.5. The van der Waals surface area contributed by atoms with Gasteiger partial charge in [-0.1, -0.05) is 34.8 Å². The van der Waals surface area contributed by atoms with Crippen molar-refractivity contribution in [1.29, 1.82) is 0 Å². The Kier molecular flexibility index (Phi) is 4.52. The van der Waals surface area contributed by atoms with E-state index in [1.807, 2.05) is 0 Å². The van der Waals surface area contributed by atoms with E-state index >= 15 is 0 Å². The molecule has 0 spiro atoms. The van der Waals surface area contributed by atoms with Crippen LogP contribution in [0.15, 0.2) is 28.8 Å². The molecule has 1 aromatic rings. The van der Waals surface area contributed by atoms with Crippen molar-refractivity contribution in [2.75, 3.05) is 11.9 Å². The molecule has 0 aliphatic carbocycles. The van der Waals surface area contributed by atoms with Crippen molar-refractivity contribution in [2.24, 2.45) is 0 Å². The zero-order chi connectivity index (χ0) is 10.6. The maximum atomic E-state index is 12.8. The summed E-state index contributed by atoms with van der Waals surface area (Å²) in [4.78, 5) is 0. The highest BCUT2D eigenvalue weighted by molar-refractivity contribution is 6.37. The van der Waals surface area contributed by atoms with E-state index in [9.17, 15) is 4.39 Å². The second-order valence-corrected chi connectivity index (χ2v) is 3.64. The van der Waals surface area contributed by atoms with Crippen molar-refractivity contribution in [3.63, 3.8) is 0 Å². The van der Waals surface area contributed by atoms with Gasteiger partial charge in [0.15, 0.2) is 0 Å². The standard InChI is InChI=1S/C9H7Cl3FN/c10-4-6(11)5-14-9-3-7(13)1-2-8(9)12/h1-4,14H,5H2/b6-4-. The molecular formula is C9H7Cl3FN. The molecule has 0 atom stereocenters. The second-order valence-electron chi connectivity index (χ2n) is 2.53. The molecule has 0 aliphatic rings. The lowest BCUT2D eigenvalue weighted by molar-refractivity contribution is 0.628. The maximum Gasteiger partial charge on any atom is 0.125 e.